The van der Waals surface area contributed by atoms with Crippen LogP contribution in [0, 0.1) is 0 Å². The second-order valence-corrected chi connectivity index (χ2v) is 8.88. The molecule has 0 N–H and O–H groups in total. The summed E-state index contributed by atoms with van der Waals surface area (Å²) in [6, 6.07) is 18.9. The van der Waals surface area contributed by atoms with E-state index in [0.29, 0.717) is 19.6 Å². The minimum absolute atomic E-state index is 0.0820. The van der Waals surface area contributed by atoms with Crippen molar-refractivity contribution in [2.24, 2.45) is 0 Å². The zero-order valence-corrected chi connectivity index (χ0v) is 17.9. The van der Waals surface area contributed by atoms with Gasteiger partial charge in [0.1, 0.15) is 11.1 Å². The Morgan fingerprint density at radius 3 is 2.10 bits per heavy atom. The number of carbonyl (C=O) groups excluding carboxylic acids is 1. The molecule has 1 aliphatic rings. The third-order valence-electron chi connectivity index (χ3n) is 5.36. The van der Waals surface area contributed by atoms with E-state index < -0.39 is 23.7 Å². The number of benzene rings is 2. The molecule has 3 rings (SSSR count). The number of ether oxygens (including phenoxy) is 1. The second kappa shape index (κ2) is 9.13. The molecule has 0 aromatic heterocycles. The van der Waals surface area contributed by atoms with Crippen LogP contribution in [0.1, 0.15) is 31.9 Å². The lowest BCUT2D eigenvalue weighted by atomic mass is 9.86. The molecule has 1 atom stereocenters. The SMILES string of the molecule is CC(C)(C)OC(=O)N1CCN(Cc2ccccc2)C(Cc2ccccc2)(C(F)F)C1. The lowest BCUT2D eigenvalue weighted by Crippen LogP contribution is -2.67. The van der Waals surface area contributed by atoms with E-state index in [9.17, 15) is 13.6 Å². The van der Waals surface area contributed by atoms with Crippen molar-refractivity contribution in [3.05, 3.63) is 71.8 Å². The van der Waals surface area contributed by atoms with Gasteiger partial charge in [-0.25, -0.2) is 13.6 Å². The van der Waals surface area contributed by atoms with Crippen molar-refractivity contribution in [1.29, 1.82) is 0 Å². The minimum atomic E-state index is -2.63. The van der Waals surface area contributed by atoms with Gasteiger partial charge in [0.25, 0.3) is 6.43 Å². The molecule has 0 aliphatic carbocycles. The summed E-state index contributed by atoms with van der Waals surface area (Å²) in [5, 5.41) is 0. The topological polar surface area (TPSA) is 32.8 Å². The molecule has 0 bridgehead atoms. The van der Waals surface area contributed by atoms with Gasteiger partial charge in [0.05, 0.1) is 0 Å². The summed E-state index contributed by atoms with van der Waals surface area (Å²) in [6.07, 6.45) is -3.02. The Hall–Kier alpha value is -2.47. The van der Waals surface area contributed by atoms with Gasteiger partial charge in [-0.05, 0) is 38.3 Å². The maximum Gasteiger partial charge on any atom is 0.410 e. The molecule has 1 saturated heterocycles. The third-order valence-corrected chi connectivity index (χ3v) is 5.36. The predicted octanol–water partition coefficient (Wildman–Crippen LogP) is 4.99. The lowest BCUT2D eigenvalue weighted by molar-refractivity contribution is -0.102. The normalized spacial score (nSPS) is 20.4. The molecule has 162 valence electrons. The molecular formula is C24H30F2N2O2. The van der Waals surface area contributed by atoms with Crippen molar-refractivity contribution < 1.29 is 18.3 Å². The number of piperazine rings is 1. The quantitative estimate of drug-likeness (QED) is 0.689. The minimum Gasteiger partial charge on any atom is -0.444 e. The summed E-state index contributed by atoms with van der Waals surface area (Å²) in [5.74, 6) is 0. The summed E-state index contributed by atoms with van der Waals surface area (Å²) in [5.41, 5.74) is -0.374. The van der Waals surface area contributed by atoms with Crippen LogP contribution in [0.4, 0.5) is 13.6 Å². The van der Waals surface area contributed by atoms with Crippen molar-refractivity contribution in [1.82, 2.24) is 9.80 Å². The summed E-state index contributed by atoms with van der Waals surface area (Å²) >= 11 is 0. The average molecular weight is 417 g/mol. The van der Waals surface area contributed by atoms with Crippen molar-refractivity contribution >= 4 is 6.09 Å². The van der Waals surface area contributed by atoms with Crippen LogP contribution in [-0.2, 0) is 17.7 Å². The summed E-state index contributed by atoms with van der Waals surface area (Å²) in [7, 11) is 0. The van der Waals surface area contributed by atoms with E-state index >= 15 is 0 Å². The first-order valence-electron chi connectivity index (χ1n) is 10.3. The fourth-order valence-corrected chi connectivity index (χ4v) is 3.90. The van der Waals surface area contributed by atoms with Crippen LogP contribution >= 0.6 is 0 Å². The highest BCUT2D eigenvalue weighted by atomic mass is 19.3. The van der Waals surface area contributed by atoms with Gasteiger partial charge < -0.3 is 9.64 Å². The number of carbonyl (C=O) groups is 1. The fourth-order valence-electron chi connectivity index (χ4n) is 3.90. The van der Waals surface area contributed by atoms with Crippen LogP contribution in [-0.4, -0.2) is 53.1 Å². The number of rotatable bonds is 5. The molecule has 2 aromatic rings. The van der Waals surface area contributed by atoms with E-state index in [1.165, 1.54) is 4.90 Å². The van der Waals surface area contributed by atoms with E-state index in [1.807, 2.05) is 65.6 Å². The van der Waals surface area contributed by atoms with Gasteiger partial charge in [0, 0.05) is 26.2 Å². The van der Waals surface area contributed by atoms with Crippen molar-refractivity contribution in [2.75, 3.05) is 19.6 Å². The first-order valence-corrected chi connectivity index (χ1v) is 10.3. The molecule has 0 spiro atoms. The van der Waals surface area contributed by atoms with E-state index in [1.54, 1.807) is 20.8 Å². The zero-order chi connectivity index (χ0) is 21.8. The summed E-state index contributed by atoms with van der Waals surface area (Å²) in [6.45, 7) is 6.36. The van der Waals surface area contributed by atoms with Crippen LogP contribution in [0.15, 0.2) is 60.7 Å². The molecule has 6 heteroatoms. The number of hydrogen-bond donors (Lipinski definition) is 0. The molecule has 4 nitrogen and oxygen atoms in total. The smallest absolute Gasteiger partial charge is 0.410 e. The van der Waals surface area contributed by atoms with Crippen molar-refractivity contribution in [3.8, 4) is 0 Å². The van der Waals surface area contributed by atoms with E-state index in [4.69, 9.17) is 4.74 Å². The number of alkyl halides is 2. The highest BCUT2D eigenvalue weighted by Crippen LogP contribution is 2.34. The maximum absolute atomic E-state index is 14.8. The number of amides is 1. The molecular weight excluding hydrogens is 386 g/mol. The predicted molar refractivity (Wildman–Crippen MR) is 114 cm³/mol. The monoisotopic (exact) mass is 416 g/mol. The average Bonchev–Trinajstić information content (AvgIpc) is 2.69. The highest BCUT2D eigenvalue weighted by Gasteiger charge is 2.50. The maximum atomic E-state index is 14.8. The molecule has 1 aliphatic heterocycles. The number of halogens is 2. The Bertz CT molecular complexity index is 824. The van der Waals surface area contributed by atoms with E-state index in [2.05, 4.69) is 0 Å². The Kier molecular flexibility index (Phi) is 6.76. The van der Waals surface area contributed by atoms with Gasteiger partial charge in [-0.3, -0.25) is 4.90 Å². The van der Waals surface area contributed by atoms with Crippen molar-refractivity contribution in [3.63, 3.8) is 0 Å². The van der Waals surface area contributed by atoms with Gasteiger partial charge in [-0.1, -0.05) is 60.7 Å². The fraction of sp³-hybridized carbons (Fsp3) is 0.458. The number of nitrogens with zero attached hydrogens (tertiary/aromatic N) is 2. The second-order valence-electron chi connectivity index (χ2n) is 8.88. The van der Waals surface area contributed by atoms with Gasteiger partial charge in [-0.15, -0.1) is 0 Å². The largest absolute Gasteiger partial charge is 0.444 e. The zero-order valence-electron chi connectivity index (χ0n) is 17.9. The Morgan fingerprint density at radius 1 is 1.00 bits per heavy atom. The van der Waals surface area contributed by atoms with Gasteiger partial charge in [-0.2, -0.15) is 0 Å². The Balaban J connectivity index is 1.92. The van der Waals surface area contributed by atoms with Crippen LogP contribution in [0.3, 0.4) is 0 Å². The molecule has 30 heavy (non-hydrogen) atoms. The standard InChI is InChI=1S/C24H30F2N2O2/c1-23(2,3)30-22(29)27-14-15-28(17-20-12-8-5-9-13-20)24(18-27,21(25)26)16-19-10-6-4-7-11-19/h4-13,21H,14-18H2,1-3H3. The molecule has 2 aromatic carbocycles. The summed E-state index contributed by atoms with van der Waals surface area (Å²) < 4.78 is 35.0. The van der Waals surface area contributed by atoms with Crippen LogP contribution in [0.2, 0.25) is 0 Å². The molecule has 1 heterocycles. The van der Waals surface area contributed by atoms with Crippen LogP contribution in [0.25, 0.3) is 0 Å². The number of hydrogen-bond acceptors (Lipinski definition) is 3. The van der Waals surface area contributed by atoms with Gasteiger partial charge in [0.15, 0.2) is 0 Å². The van der Waals surface area contributed by atoms with Gasteiger partial charge >= 0.3 is 6.09 Å². The van der Waals surface area contributed by atoms with E-state index in [0.717, 1.165) is 11.1 Å². The molecule has 1 fully saturated rings. The van der Waals surface area contributed by atoms with E-state index in [-0.39, 0.29) is 13.0 Å². The first-order chi connectivity index (χ1) is 14.2. The first kappa shape index (κ1) is 22.2. The molecule has 0 radical (unpaired) electrons. The third kappa shape index (κ3) is 5.36. The molecule has 0 saturated carbocycles. The highest BCUT2D eigenvalue weighted by molar-refractivity contribution is 5.68. The van der Waals surface area contributed by atoms with Gasteiger partial charge in [0.2, 0.25) is 0 Å². The molecule has 1 unspecified atom stereocenters. The Labute approximate surface area is 177 Å². The van der Waals surface area contributed by atoms with Crippen molar-refractivity contribution in [2.45, 2.75) is 51.3 Å². The lowest BCUT2D eigenvalue weighted by Gasteiger charge is -2.50. The Morgan fingerprint density at radius 2 is 1.57 bits per heavy atom. The van der Waals surface area contributed by atoms with Crippen LogP contribution in [0.5, 0.6) is 0 Å². The molecule has 1 amide bonds. The van der Waals surface area contributed by atoms with Crippen LogP contribution < -0.4 is 0 Å². The summed E-state index contributed by atoms with van der Waals surface area (Å²) in [4.78, 5) is 15.9.